The third kappa shape index (κ3) is 9.08. The molecule has 0 aromatic heterocycles. The molecule has 0 amide bonds. The van der Waals surface area contributed by atoms with E-state index in [1.807, 2.05) is 13.8 Å². The van der Waals surface area contributed by atoms with Crippen LogP contribution in [0.15, 0.2) is 24.3 Å². The number of aryl methyl sites for hydroxylation is 2. The van der Waals surface area contributed by atoms with Crippen LogP contribution in [0.3, 0.4) is 0 Å². The standard InChI is InChI=1S/C35H58O6P2/c1-21-17-23(31(3,4)5)27(24(18-21)32(6,7)8)29(40-42(36)37)35(15,16)30(41-43(38)39)28-25(33(9,10)11)19-22(2)20-26(28)34(12,13)14/h17-20,29-30,36-39H,1-16H3. The molecular formula is C35H58O6P2. The minimum Gasteiger partial charge on any atom is -0.328 e. The summed E-state index contributed by atoms with van der Waals surface area (Å²) in [5.74, 6) is 0. The quantitative estimate of drug-likeness (QED) is 0.215. The maximum absolute atomic E-state index is 10.5. The van der Waals surface area contributed by atoms with Crippen molar-refractivity contribution in [2.75, 3.05) is 0 Å². The van der Waals surface area contributed by atoms with Crippen molar-refractivity contribution in [2.45, 2.75) is 145 Å². The summed E-state index contributed by atoms with van der Waals surface area (Å²) in [6.45, 7) is 33.8. The number of rotatable bonds is 8. The van der Waals surface area contributed by atoms with E-state index >= 15 is 0 Å². The van der Waals surface area contributed by atoms with Gasteiger partial charge in [-0.1, -0.05) is 132 Å². The molecule has 2 unspecified atom stereocenters. The van der Waals surface area contributed by atoms with Gasteiger partial charge in [0.05, 0.1) is 0 Å². The first-order chi connectivity index (χ1) is 19.1. The first-order valence-electron chi connectivity index (χ1n) is 15.1. The zero-order valence-electron chi connectivity index (χ0n) is 29.5. The molecule has 2 aromatic rings. The van der Waals surface area contributed by atoms with E-state index in [2.05, 4.69) is 121 Å². The predicted molar refractivity (Wildman–Crippen MR) is 181 cm³/mol. The average Bonchev–Trinajstić information content (AvgIpc) is 2.77. The van der Waals surface area contributed by atoms with Crippen LogP contribution in [-0.2, 0) is 30.7 Å². The van der Waals surface area contributed by atoms with Gasteiger partial charge in [-0.05, 0) is 68.9 Å². The molecule has 244 valence electrons. The van der Waals surface area contributed by atoms with Crippen LogP contribution in [-0.4, -0.2) is 19.6 Å². The van der Waals surface area contributed by atoms with Gasteiger partial charge in [0.1, 0.15) is 12.2 Å². The van der Waals surface area contributed by atoms with Gasteiger partial charge in [0, 0.05) is 5.41 Å². The van der Waals surface area contributed by atoms with E-state index in [1.54, 1.807) is 0 Å². The Labute approximate surface area is 264 Å². The number of benzene rings is 2. The van der Waals surface area contributed by atoms with Crippen LogP contribution in [0.4, 0.5) is 0 Å². The molecule has 2 aromatic carbocycles. The maximum Gasteiger partial charge on any atom is 0.327 e. The van der Waals surface area contributed by atoms with Gasteiger partial charge < -0.3 is 28.6 Å². The Kier molecular flexibility index (Phi) is 11.6. The van der Waals surface area contributed by atoms with Crippen LogP contribution < -0.4 is 0 Å². The number of hydrogen-bond acceptors (Lipinski definition) is 6. The van der Waals surface area contributed by atoms with Gasteiger partial charge in [0.2, 0.25) is 0 Å². The summed E-state index contributed by atoms with van der Waals surface area (Å²) in [6, 6.07) is 8.62. The Morgan fingerprint density at radius 2 is 0.674 bits per heavy atom. The molecule has 0 aliphatic heterocycles. The van der Waals surface area contributed by atoms with Crippen molar-refractivity contribution in [1.29, 1.82) is 0 Å². The molecule has 0 heterocycles. The lowest BCUT2D eigenvalue weighted by Gasteiger charge is -2.46. The highest BCUT2D eigenvalue weighted by Gasteiger charge is 2.49. The highest BCUT2D eigenvalue weighted by atomic mass is 31.2. The third-order valence-corrected chi connectivity index (χ3v) is 8.95. The fourth-order valence-corrected chi connectivity index (χ4v) is 7.22. The van der Waals surface area contributed by atoms with E-state index in [-0.39, 0.29) is 21.7 Å². The van der Waals surface area contributed by atoms with Gasteiger partial charge in [-0.3, -0.25) is 0 Å². The second kappa shape index (κ2) is 13.0. The second-order valence-corrected chi connectivity index (χ2v) is 18.3. The SMILES string of the molecule is Cc1cc(C(C)(C)C)c(C(OP(O)O)C(C)(C)C(OP(O)O)c2c(C(C)(C)C)cc(C)cc2C(C)(C)C)c(C(C)(C)C)c1. The minimum atomic E-state index is -2.79. The molecule has 0 bridgehead atoms. The van der Waals surface area contributed by atoms with Crippen molar-refractivity contribution < 1.29 is 28.6 Å². The Morgan fingerprint density at radius 3 is 0.837 bits per heavy atom. The topological polar surface area (TPSA) is 99.4 Å². The van der Waals surface area contributed by atoms with Gasteiger partial charge in [0.15, 0.2) is 0 Å². The van der Waals surface area contributed by atoms with E-state index < -0.39 is 34.8 Å². The van der Waals surface area contributed by atoms with Gasteiger partial charge in [-0.15, -0.1) is 0 Å². The summed E-state index contributed by atoms with van der Waals surface area (Å²) in [5.41, 5.74) is 5.88. The summed E-state index contributed by atoms with van der Waals surface area (Å²) in [5, 5.41) is 0. The van der Waals surface area contributed by atoms with Crippen molar-refractivity contribution in [3.05, 3.63) is 68.8 Å². The van der Waals surface area contributed by atoms with Crippen LogP contribution in [0.25, 0.3) is 0 Å². The third-order valence-electron chi connectivity index (χ3n) is 8.16. The van der Waals surface area contributed by atoms with Crippen LogP contribution >= 0.6 is 17.2 Å². The predicted octanol–water partition coefficient (Wildman–Crippen LogP) is 9.76. The van der Waals surface area contributed by atoms with Crippen molar-refractivity contribution in [3.63, 3.8) is 0 Å². The monoisotopic (exact) mass is 636 g/mol. The molecule has 0 radical (unpaired) electrons. The lowest BCUT2D eigenvalue weighted by atomic mass is 9.64. The Morgan fingerprint density at radius 1 is 0.465 bits per heavy atom. The molecule has 6 nitrogen and oxygen atoms in total. The molecule has 0 aliphatic carbocycles. The molecule has 2 atom stereocenters. The van der Waals surface area contributed by atoms with Gasteiger partial charge in [-0.2, -0.15) is 0 Å². The van der Waals surface area contributed by atoms with Gasteiger partial charge in [-0.25, -0.2) is 0 Å². The normalized spacial score (nSPS) is 15.4. The first kappa shape index (κ1) is 38.2. The van der Waals surface area contributed by atoms with Crippen molar-refractivity contribution >= 4 is 17.2 Å². The molecule has 0 spiro atoms. The molecule has 0 saturated carbocycles. The Bertz CT molecular complexity index is 1100. The van der Waals surface area contributed by atoms with Crippen molar-refractivity contribution in [3.8, 4) is 0 Å². The highest BCUT2D eigenvalue weighted by molar-refractivity contribution is 7.39. The highest BCUT2D eigenvalue weighted by Crippen LogP contribution is 2.59. The van der Waals surface area contributed by atoms with Gasteiger partial charge in [0.25, 0.3) is 0 Å². The summed E-state index contributed by atoms with van der Waals surface area (Å²) in [6.07, 6.45) is -1.75. The fraction of sp³-hybridized carbons (Fsp3) is 0.657. The summed E-state index contributed by atoms with van der Waals surface area (Å²) >= 11 is 0. The van der Waals surface area contributed by atoms with Gasteiger partial charge >= 0.3 is 17.2 Å². The van der Waals surface area contributed by atoms with E-state index in [0.717, 1.165) is 44.5 Å². The molecule has 2 rings (SSSR count). The first-order valence-corrected chi connectivity index (χ1v) is 17.4. The number of hydrogen-bond donors (Lipinski definition) is 4. The van der Waals surface area contributed by atoms with Crippen LogP contribution in [0.1, 0.15) is 154 Å². The fourth-order valence-electron chi connectivity index (χ4n) is 6.09. The zero-order valence-corrected chi connectivity index (χ0v) is 31.3. The molecule has 43 heavy (non-hydrogen) atoms. The largest absolute Gasteiger partial charge is 0.328 e. The van der Waals surface area contributed by atoms with Crippen molar-refractivity contribution in [1.82, 2.24) is 0 Å². The van der Waals surface area contributed by atoms with Crippen LogP contribution in [0.5, 0.6) is 0 Å². The molecule has 0 saturated heterocycles. The van der Waals surface area contributed by atoms with Crippen molar-refractivity contribution in [2.24, 2.45) is 5.41 Å². The lowest BCUT2D eigenvalue weighted by Crippen LogP contribution is -2.37. The Hall–Kier alpha value is -0.940. The smallest absolute Gasteiger partial charge is 0.327 e. The molecule has 4 N–H and O–H groups in total. The molecule has 0 aliphatic rings. The van der Waals surface area contributed by atoms with Crippen LogP contribution in [0, 0.1) is 19.3 Å². The van der Waals surface area contributed by atoms with E-state index in [4.69, 9.17) is 9.05 Å². The average molecular weight is 637 g/mol. The van der Waals surface area contributed by atoms with E-state index in [0.29, 0.717) is 0 Å². The summed E-state index contributed by atoms with van der Waals surface area (Å²) < 4.78 is 12.4. The van der Waals surface area contributed by atoms with Crippen LogP contribution in [0.2, 0.25) is 0 Å². The Balaban J connectivity index is 3.22. The summed E-state index contributed by atoms with van der Waals surface area (Å²) in [4.78, 5) is 42.0. The lowest BCUT2D eigenvalue weighted by molar-refractivity contribution is -0.0363. The second-order valence-electron chi connectivity index (χ2n) is 16.8. The van der Waals surface area contributed by atoms with E-state index in [1.165, 1.54) is 0 Å². The zero-order chi connectivity index (χ0) is 33.7. The molecular weight excluding hydrogens is 578 g/mol. The maximum atomic E-state index is 10.5. The molecule has 0 fully saturated rings. The summed E-state index contributed by atoms with van der Waals surface area (Å²) in [7, 11) is -5.57. The molecule has 8 heteroatoms. The van der Waals surface area contributed by atoms with E-state index in [9.17, 15) is 19.6 Å². The minimum absolute atomic E-state index is 0.305.